The van der Waals surface area contributed by atoms with E-state index in [0.717, 1.165) is 29.7 Å². The number of nitrogens with zero attached hydrogens (tertiary/aromatic N) is 1. The van der Waals surface area contributed by atoms with Gasteiger partial charge in [-0.2, -0.15) is 5.10 Å². The Morgan fingerprint density at radius 1 is 1.06 bits per heavy atom. The quantitative estimate of drug-likeness (QED) is 0.260. The zero-order chi connectivity index (χ0) is 24.0. The Balaban J connectivity index is 1.70. The van der Waals surface area contributed by atoms with Crippen molar-refractivity contribution in [2.75, 3.05) is 33.3 Å². The Morgan fingerprint density at radius 3 is 2.36 bits per heavy atom. The van der Waals surface area contributed by atoms with Gasteiger partial charge >= 0.3 is 17.8 Å². The number of methoxy groups -OCH3 is 3. The minimum absolute atomic E-state index is 0.215. The van der Waals surface area contributed by atoms with Gasteiger partial charge in [-0.15, -0.1) is 11.3 Å². The van der Waals surface area contributed by atoms with Gasteiger partial charge in [0.25, 0.3) is 0 Å². The lowest BCUT2D eigenvalue weighted by atomic mass is 10.1. The average Bonchev–Trinajstić information content (AvgIpc) is 3.39. The molecule has 0 spiro atoms. The van der Waals surface area contributed by atoms with Crippen molar-refractivity contribution < 1.29 is 33.3 Å². The molecule has 2 N–H and O–H groups in total. The van der Waals surface area contributed by atoms with Gasteiger partial charge in [-0.25, -0.2) is 10.2 Å². The number of hydrazone groups is 1. The molecule has 1 aliphatic rings. The predicted molar refractivity (Wildman–Crippen MR) is 123 cm³/mol. The number of hydrogen-bond acceptors (Lipinski definition) is 9. The van der Waals surface area contributed by atoms with Crippen molar-refractivity contribution in [3.8, 4) is 17.2 Å². The number of fused-ring (bicyclic) bond motifs is 1. The van der Waals surface area contributed by atoms with Crippen molar-refractivity contribution in [2.45, 2.75) is 26.2 Å². The summed E-state index contributed by atoms with van der Waals surface area (Å²) >= 11 is 1.29. The second-order valence-electron chi connectivity index (χ2n) is 6.89. The van der Waals surface area contributed by atoms with Crippen molar-refractivity contribution in [3.05, 3.63) is 33.7 Å². The van der Waals surface area contributed by atoms with Crippen LogP contribution in [0.2, 0.25) is 0 Å². The summed E-state index contributed by atoms with van der Waals surface area (Å²) in [5.41, 5.74) is 3.93. The number of benzene rings is 1. The van der Waals surface area contributed by atoms with E-state index in [1.54, 1.807) is 19.1 Å². The van der Waals surface area contributed by atoms with E-state index < -0.39 is 17.8 Å². The van der Waals surface area contributed by atoms with Crippen molar-refractivity contribution in [1.82, 2.24) is 5.43 Å². The summed E-state index contributed by atoms with van der Waals surface area (Å²) in [6.45, 7) is 1.93. The van der Waals surface area contributed by atoms with Gasteiger partial charge in [0.2, 0.25) is 5.75 Å². The van der Waals surface area contributed by atoms with Crippen LogP contribution in [0.3, 0.4) is 0 Å². The fraction of sp³-hybridized carbons (Fsp3) is 0.364. The third-order valence-electron chi connectivity index (χ3n) is 4.90. The number of anilines is 1. The largest absolute Gasteiger partial charge is 0.493 e. The summed E-state index contributed by atoms with van der Waals surface area (Å²) in [4.78, 5) is 38.1. The smallest absolute Gasteiger partial charge is 0.341 e. The summed E-state index contributed by atoms with van der Waals surface area (Å²) < 4.78 is 20.9. The Kier molecular flexibility index (Phi) is 7.88. The number of carbonyl (C=O) groups is 3. The highest BCUT2D eigenvalue weighted by Crippen LogP contribution is 2.40. The lowest BCUT2D eigenvalue weighted by Gasteiger charge is -2.12. The predicted octanol–water partition coefficient (Wildman–Crippen LogP) is 2.53. The highest BCUT2D eigenvalue weighted by Gasteiger charge is 2.29. The van der Waals surface area contributed by atoms with E-state index in [0.29, 0.717) is 33.4 Å². The molecule has 0 fully saturated rings. The molecule has 1 aliphatic carbocycles. The third kappa shape index (κ3) is 5.25. The molecule has 0 unspecified atom stereocenters. The molecule has 3 rings (SSSR count). The van der Waals surface area contributed by atoms with E-state index in [1.807, 2.05) is 0 Å². The molecule has 0 bridgehead atoms. The molecule has 1 aromatic carbocycles. The van der Waals surface area contributed by atoms with E-state index in [1.165, 1.54) is 38.9 Å². The number of esters is 1. The van der Waals surface area contributed by atoms with E-state index in [9.17, 15) is 14.4 Å². The highest BCUT2D eigenvalue weighted by atomic mass is 32.1. The summed E-state index contributed by atoms with van der Waals surface area (Å²) in [6.07, 6.45) is 3.84. The maximum atomic E-state index is 12.4. The number of thiophene rings is 1. The fourth-order valence-electron chi connectivity index (χ4n) is 3.46. The molecular formula is C22H25N3O7S. The van der Waals surface area contributed by atoms with Gasteiger partial charge in [0.05, 0.1) is 39.7 Å². The average molecular weight is 476 g/mol. The van der Waals surface area contributed by atoms with Crippen LogP contribution < -0.4 is 25.0 Å². The number of aryl methyl sites for hydroxylation is 1. The molecule has 0 saturated carbocycles. The van der Waals surface area contributed by atoms with Crippen LogP contribution in [0.1, 0.15) is 39.7 Å². The molecule has 176 valence electrons. The molecule has 1 aromatic heterocycles. The summed E-state index contributed by atoms with van der Waals surface area (Å²) in [7, 11) is 4.45. The maximum absolute atomic E-state index is 12.4. The maximum Gasteiger partial charge on any atom is 0.341 e. The lowest BCUT2D eigenvalue weighted by molar-refractivity contribution is -0.136. The Labute approximate surface area is 194 Å². The first-order valence-corrected chi connectivity index (χ1v) is 11.0. The number of ether oxygens (including phenoxy) is 4. The third-order valence-corrected chi connectivity index (χ3v) is 6.11. The van der Waals surface area contributed by atoms with Gasteiger partial charge in [0.15, 0.2) is 11.5 Å². The van der Waals surface area contributed by atoms with Crippen LogP contribution in [0.15, 0.2) is 17.2 Å². The van der Waals surface area contributed by atoms with Crippen molar-refractivity contribution in [2.24, 2.45) is 5.10 Å². The zero-order valence-corrected chi connectivity index (χ0v) is 19.6. The van der Waals surface area contributed by atoms with Crippen LogP contribution in [0.4, 0.5) is 5.00 Å². The number of rotatable bonds is 8. The summed E-state index contributed by atoms with van der Waals surface area (Å²) in [5.74, 6) is -1.18. The van der Waals surface area contributed by atoms with Gasteiger partial charge < -0.3 is 24.3 Å². The van der Waals surface area contributed by atoms with Crippen LogP contribution >= 0.6 is 11.3 Å². The second-order valence-corrected chi connectivity index (χ2v) is 8.00. The van der Waals surface area contributed by atoms with Crippen LogP contribution in [0.25, 0.3) is 0 Å². The first-order valence-electron chi connectivity index (χ1n) is 10.2. The van der Waals surface area contributed by atoms with Gasteiger partial charge in [0, 0.05) is 10.4 Å². The Morgan fingerprint density at radius 2 is 1.76 bits per heavy atom. The summed E-state index contributed by atoms with van der Waals surface area (Å²) in [6, 6.07) is 3.27. The normalized spacial score (nSPS) is 12.2. The van der Waals surface area contributed by atoms with Crippen molar-refractivity contribution in [1.29, 1.82) is 0 Å². The van der Waals surface area contributed by atoms with Crippen LogP contribution in [0, 0.1) is 0 Å². The van der Waals surface area contributed by atoms with Crippen molar-refractivity contribution >= 4 is 40.3 Å². The van der Waals surface area contributed by atoms with Gasteiger partial charge in [0.1, 0.15) is 5.00 Å². The van der Waals surface area contributed by atoms with Crippen molar-refractivity contribution in [3.63, 3.8) is 0 Å². The minimum Gasteiger partial charge on any atom is -0.493 e. The van der Waals surface area contributed by atoms with Crippen LogP contribution in [-0.2, 0) is 27.2 Å². The number of hydrogen-bond donors (Lipinski definition) is 2. The van der Waals surface area contributed by atoms with Crippen LogP contribution in [-0.4, -0.2) is 51.9 Å². The minimum atomic E-state index is -0.984. The number of amides is 2. The molecule has 0 aliphatic heterocycles. The fourth-order valence-corrected chi connectivity index (χ4v) is 4.74. The molecule has 33 heavy (non-hydrogen) atoms. The molecule has 0 saturated heterocycles. The first-order chi connectivity index (χ1) is 15.9. The lowest BCUT2D eigenvalue weighted by Crippen LogP contribution is -2.32. The zero-order valence-electron chi connectivity index (χ0n) is 18.8. The Hall–Kier alpha value is -3.60. The molecule has 0 atom stereocenters. The van der Waals surface area contributed by atoms with E-state index in [-0.39, 0.29) is 6.61 Å². The standard InChI is InChI=1S/C22H25N3O7S/c1-5-32-22(28)17-13-7-6-8-16(13)33-21(17)24-19(26)20(27)25-23-11-12-9-14(29-2)18(31-4)15(10-12)30-3/h9-11H,5-8H2,1-4H3,(H,24,26)(H,25,27). The highest BCUT2D eigenvalue weighted by molar-refractivity contribution is 7.17. The number of nitrogens with one attached hydrogen (secondary N) is 2. The van der Waals surface area contributed by atoms with Gasteiger partial charge in [-0.1, -0.05) is 0 Å². The van der Waals surface area contributed by atoms with E-state index >= 15 is 0 Å². The topological polar surface area (TPSA) is 125 Å². The van der Waals surface area contributed by atoms with Gasteiger partial charge in [-0.3, -0.25) is 9.59 Å². The van der Waals surface area contributed by atoms with Crippen LogP contribution in [0.5, 0.6) is 17.2 Å². The molecule has 2 aromatic rings. The van der Waals surface area contributed by atoms with Gasteiger partial charge in [-0.05, 0) is 43.9 Å². The SMILES string of the molecule is CCOC(=O)c1c(NC(=O)C(=O)NN=Cc2cc(OC)c(OC)c(OC)c2)sc2c1CCC2. The summed E-state index contributed by atoms with van der Waals surface area (Å²) in [5, 5.41) is 6.65. The second kappa shape index (κ2) is 10.8. The molecule has 10 nitrogen and oxygen atoms in total. The molecule has 2 amide bonds. The Bertz CT molecular complexity index is 1070. The molecule has 1 heterocycles. The number of carbonyl (C=O) groups excluding carboxylic acids is 3. The molecular weight excluding hydrogens is 450 g/mol. The van der Waals surface area contributed by atoms with E-state index in [2.05, 4.69) is 15.8 Å². The molecule has 0 radical (unpaired) electrons. The monoisotopic (exact) mass is 475 g/mol. The first kappa shape index (κ1) is 24.1. The van der Waals surface area contributed by atoms with E-state index in [4.69, 9.17) is 18.9 Å². The molecule has 11 heteroatoms.